The topological polar surface area (TPSA) is 128 Å². The maximum atomic E-state index is 12.8. The largest absolute Gasteiger partial charge is 0.573 e. The standard InChI is InChI=1S/C22H16F3N5O5/c1-2-19(31)27-14-8-15(10-16(9-14)35-22(23,24)25)29-11-18(20(28-29)30(33)34)12-3-4-17-13(7-12)5-6-26-21(17)32/h2-4,7-11H,1,5-6H2,(H,26,32)(H,27,31). The molecule has 0 radical (unpaired) electrons. The van der Waals surface area contributed by atoms with Crippen LogP contribution in [0.2, 0.25) is 0 Å². The number of nitrogens with one attached hydrogen (secondary N) is 2. The molecule has 0 unspecified atom stereocenters. The van der Waals surface area contributed by atoms with E-state index in [0.717, 1.165) is 22.9 Å². The number of nitro groups is 1. The average Bonchev–Trinajstić information content (AvgIpc) is 3.24. The summed E-state index contributed by atoms with van der Waals surface area (Å²) in [7, 11) is 0. The van der Waals surface area contributed by atoms with Gasteiger partial charge >= 0.3 is 12.2 Å². The normalized spacial score (nSPS) is 12.9. The fourth-order valence-corrected chi connectivity index (χ4v) is 3.60. The van der Waals surface area contributed by atoms with Gasteiger partial charge in [-0.2, -0.15) is 0 Å². The van der Waals surface area contributed by atoms with Gasteiger partial charge in [-0.3, -0.25) is 9.59 Å². The summed E-state index contributed by atoms with van der Waals surface area (Å²) in [6.07, 6.45) is -2.30. The van der Waals surface area contributed by atoms with Crippen molar-refractivity contribution in [2.75, 3.05) is 11.9 Å². The molecule has 0 aliphatic carbocycles. The molecule has 2 N–H and O–H groups in total. The lowest BCUT2D eigenvalue weighted by atomic mass is 9.96. The molecule has 2 amide bonds. The Hall–Kier alpha value is -4.68. The zero-order valence-corrected chi connectivity index (χ0v) is 17.8. The molecule has 35 heavy (non-hydrogen) atoms. The van der Waals surface area contributed by atoms with Gasteiger partial charge in [-0.25, -0.2) is 0 Å². The Morgan fingerprint density at radius 3 is 2.71 bits per heavy atom. The van der Waals surface area contributed by atoms with Crippen molar-refractivity contribution < 1.29 is 32.4 Å². The van der Waals surface area contributed by atoms with Crippen LogP contribution in [0, 0.1) is 10.1 Å². The molecule has 2 aromatic carbocycles. The van der Waals surface area contributed by atoms with Crippen molar-refractivity contribution in [2.24, 2.45) is 0 Å². The van der Waals surface area contributed by atoms with Gasteiger partial charge in [0, 0.05) is 29.9 Å². The third kappa shape index (κ3) is 5.13. The summed E-state index contributed by atoms with van der Waals surface area (Å²) in [5, 5.41) is 20.7. The van der Waals surface area contributed by atoms with E-state index in [2.05, 4.69) is 27.0 Å². The van der Waals surface area contributed by atoms with Gasteiger partial charge in [0.1, 0.15) is 11.3 Å². The molecule has 0 atom stereocenters. The second kappa shape index (κ2) is 8.93. The van der Waals surface area contributed by atoms with Crippen LogP contribution in [0.4, 0.5) is 24.7 Å². The summed E-state index contributed by atoms with van der Waals surface area (Å²) in [5.41, 5.74) is 1.52. The number of ether oxygens (including phenoxy) is 1. The lowest BCUT2D eigenvalue weighted by molar-refractivity contribution is -0.389. The summed E-state index contributed by atoms with van der Waals surface area (Å²) in [4.78, 5) is 34.6. The maximum absolute atomic E-state index is 12.8. The molecular weight excluding hydrogens is 471 g/mol. The highest BCUT2D eigenvalue weighted by Crippen LogP contribution is 2.34. The van der Waals surface area contributed by atoms with Gasteiger partial charge in [-0.15, -0.1) is 17.9 Å². The predicted octanol–water partition coefficient (Wildman–Crippen LogP) is 3.76. The highest BCUT2D eigenvalue weighted by molar-refractivity contribution is 5.99. The van der Waals surface area contributed by atoms with E-state index in [9.17, 15) is 32.9 Å². The van der Waals surface area contributed by atoms with E-state index >= 15 is 0 Å². The molecule has 4 rings (SSSR count). The molecule has 2 heterocycles. The second-order valence-electron chi connectivity index (χ2n) is 7.40. The molecule has 3 aromatic rings. The summed E-state index contributed by atoms with van der Waals surface area (Å²) in [5.74, 6) is -2.16. The molecule has 0 fully saturated rings. The van der Waals surface area contributed by atoms with Crippen molar-refractivity contribution in [1.29, 1.82) is 0 Å². The Labute approximate surface area is 195 Å². The maximum Gasteiger partial charge on any atom is 0.573 e. The number of rotatable bonds is 6. The van der Waals surface area contributed by atoms with E-state index < -0.39 is 28.8 Å². The van der Waals surface area contributed by atoms with Gasteiger partial charge in [0.05, 0.1) is 17.0 Å². The Morgan fingerprint density at radius 2 is 2.03 bits per heavy atom. The lowest BCUT2D eigenvalue weighted by Gasteiger charge is -2.16. The van der Waals surface area contributed by atoms with E-state index in [1.165, 1.54) is 18.3 Å². The number of benzene rings is 2. The minimum absolute atomic E-state index is 0.0437. The van der Waals surface area contributed by atoms with Crippen LogP contribution in [0.5, 0.6) is 5.75 Å². The van der Waals surface area contributed by atoms with E-state index in [1.54, 1.807) is 12.1 Å². The van der Waals surface area contributed by atoms with Crippen LogP contribution in [0.3, 0.4) is 0 Å². The highest BCUT2D eigenvalue weighted by atomic mass is 19.4. The zero-order valence-electron chi connectivity index (χ0n) is 17.8. The van der Waals surface area contributed by atoms with E-state index in [-0.39, 0.29) is 22.8 Å². The number of alkyl halides is 3. The Morgan fingerprint density at radius 1 is 1.26 bits per heavy atom. The van der Waals surface area contributed by atoms with Gasteiger partial charge in [-0.05, 0) is 46.7 Å². The first-order valence-electron chi connectivity index (χ1n) is 10.0. The fourth-order valence-electron chi connectivity index (χ4n) is 3.60. The number of carbonyl (C=O) groups excluding carboxylic acids is 2. The van der Waals surface area contributed by atoms with Crippen LogP contribution >= 0.6 is 0 Å². The summed E-state index contributed by atoms with van der Waals surface area (Å²) in [6.45, 7) is 3.70. The number of halogens is 3. The molecule has 0 bridgehead atoms. The zero-order chi connectivity index (χ0) is 25.3. The van der Waals surface area contributed by atoms with Crippen molar-refractivity contribution in [3.8, 4) is 22.6 Å². The smallest absolute Gasteiger partial charge is 0.406 e. The summed E-state index contributed by atoms with van der Waals surface area (Å²) >= 11 is 0. The van der Waals surface area contributed by atoms with E-state index in [4.69, 9.17) is 0 Å². The van der Waals surface area contributed by atoms with Crippen molar-refractivity contribution in [3.63, 3.8) is 0 Å². The minimum atomic E-state index is -5.02. The molecule has 1 aromatic heterocycles. The van der Waals surface area contributed by atoms with Crippen LogP contribution in [-0.4, -0.2) is 39.4 Å². The Kier molecular flexibility index (Phi) is 5.99. The van der Waals surface area contributed by atoms with Crippen LogP contribution in [-0.2, 0) is 11.2 Å². The van der Waals surface area contributed by atoms with Crippen LogP contribution in [0.15, 0.2) is 55.3 Å². The lowest BCUT2D eigenvalue weighted by Crippen LogP contribution is -2.31. The van der Waals surface area contributed by atoms with Crippen molar-refractivity contribution in [3.05, 3.63) is 76.5 Å². The van der Waals surface area contributed by atoms with Gasteiger partial charge in [-0.1, -0.05) is 12.6 Å². The van der Waals surface area contributed by atoms with Crippen LogP contribution in [0.25, 0.3) is 16.8 Å². The first kappa shape index (κ1) is 23.5. The first-order chi connectivity index (χ1) is 16.5. The van der Waals surface area contributed by atoms with Crippen LogP contribution in [0.1, 0.15) is 15.9 Å². The number of carbonyl (C=O) groups is 2. The number of anilines is 1. The Bertz CT molecular complexity index is 1370. The minimum Gasteiger partial charge on any atom is -0.406 e. The first-order valence-corrected chi connectivity index (χ1v) is 10.0. The number of amides is 2. The molecule has 1 aliphatic rings. The molecule has 180 valence electrons. The van der Waals surface area contributed by atoms with Gasteiger partial charge in [0.25, 0.3) is 5.91 Å². The van der Waals surface area contributed by atoms with Crippen molar-refractivity contribution in [2.45, 2.75) is 12.8 Å². The number of hydrogen-bond donors (Lipinski definition) is 2. The van der Waals surface area contributed by atoms with E-state index in [0.29, 0.717) is 29.7 Å². The number of hydrogen-bond acceptors (Lipinski definition) is 6. The molecule has 1 aliphatic heterocycles. The summed E-state index contributed by atoms with van der Waals surface area (Å²) in [6, 6.07) is 7.88. The molecule has 10 nitrogen and oxygen atoms in total. The molecule has 0 spiro atoms. The van der Waals surface area contributed by atoms with Crippen LogP contribution < -0.4 is 15.4 Å². The Balaban J connectivity index is 1.81. The molecular formula is C22H16F3N5O5. The highest BCUT2D eigenvalue weighted by Gasteiger charge is 2.32. The van der Waals surface area contributed by atoms with Gasteiger partial charge in [0.2, 0.25) is 5.91 Å². The number of aromatic nitrogens is 2. The third-order valence-electron chi connectivity index (χ3n) is 5.05. The number of fused-ring (bicyclic) bond motifs is 1. The third-order valence-corrected chi connectivity index (χ3v) is 5.05. The van der Waals surface area contributed by atoms with E-state index in [1.807, 2.05) is 0 Å². The SMILES string of the molecule is C=CC(=O)Nc1cc(OC(F)(F)F)cc(-n2cc(-c3ccc4c(c3)CCNC4=O)c([N+](=O)[O-])n2)c1. The molecule has 13 heteroatoms. The predicted molar refractivity (Wildman–Crippen MR) is 117 cm³/mol. The summed E-state index contributed by atoms with van der Waals surface area (Å²) < 4.78 is 43.5. The fraction of sp³-hybridized carbons (Fsp3) is 0.136. The van der Waals surface area contributed by atoms with Gasteiger partial charge < -0.3 is 25.5 Å². The number of nitrogens with zero attached hydrogens (tertiary/aromatic N) is 3. The average molecular weight is 487 g/mol. The van der Waals surface area contributed by atoms with Gasteiger partial charge in [0.15, 0.2) is 0 Å². The molecule has 0 saturated heterocycles. The molecule has 0 saturated carbocycles. The quantitative estimate of drug-likeness (QED) is 0.310. The monoisotopic (exact) mass is 487 g/mol. The van der Waals surface area contributed by atoms with Crippen molar-refractivity contribution in [1.82, 2.24) is 15.1 Å². The second-order valence-corrected chi connectivity index (χ2v) is 7.40. The van der Waals surface area contributed by atoms with Crippen molar-refractivity contribution >= 4 is 23.3 Å².